The molecule has 0 aromatic heterocycles. The molecule has 0 fully saturated rings. The van der Waals surface area contributed by atoms with Gasteiger partial charge in [0, 0.05) is 23.7 Å². The van der Waals surface area contributed by atoms with Crippen molar-refractivity contribution in [1.29, 1.82) is 0 Å². The Bertz CT molecular complexity index is 527. The van der Waals surface area contributed by atoms with E-state index in [-0.39, 0.29) is 29.7 Å². The number of hydrogen-bond donors (Lipinski definition) is 0. The van der Waals surface area contributed by atoms with E-state index >= 15 is 0 Å². The fourth-order valence-corrected chi connectivity index (χ4v) is 2.78. The molecule has 0 radical (unpaired) electrons. The Balaban J connectivity index is 3.08. The zero-order valence-electron chi connectivity index (χ0n) is 14.1. The highest BCUT2D eigenvalue weighted by Crippen LogP contribution is 2.33. The molecule has 0 aromatic rings. The molecule has 0 aliphatic carbocycles. The zero-order valence-corrected chi connectivity index (χ0v) is 14.1. The van der Waals surface area contributed by atoms with Crippen LogP contribution >= 0.6 is 0 Å². The van der Waals surface area contributed by atoms with E-state index in [1.807, 2.05) is 20.8 Å². The van der Waals surface area contributed by atoms with E-state index in [9.17, 15) is 9.59 Å². The molecule has 1 heterocycles. The first-order chi connectivity index (χ1) is 10.8. The Morgan fingerprint density at radius 2 is 2.17 bits per heavy atom. The minimum absolute atomic E-state index is 0.0116. The van der Waals surface area contributed by atoms with Crippen molar-refractivity contribution in [3.8, 4) is 0 Å². The lowest BCUT2D eigenvalue weighted by Crippen LogP contribution is -2.44. The molecule has 5 atom stereocenters. The van der Waals surface area contributed by atoms with Gasteiger partial charge >= 0.3 is 11.9 Å². The van der Waals surface area contributed by atoms with E-state index in [1.54, 1.807) is 0 Å². The molecule has 0 bridgehead atoms. The Kier molecular flexibility index (Phi) is 6.90. The topological polar surface area (TPSA) is 111 Å². The molecule has 0 amide bonds. The van der Waals surface area contributed by atoms with Crippen molar-refractivity contribution in [3.05, 3.63) is 22.3 Å². The van der Waals surface area contributed by atoms with Crippen LogP contribution in [-0.2, 0) is 23.8 Å². The van der Waals surface area contributed by atoms with Gasteiger partial charge in [-0.3, -0.25) is 4.79 Å². The average Bonchev–Trinajstić information content (AvgIpc) is 2.53. The lowest BCUT2D eigenvalue weighted by molar-refractivity contribution is -0.156. The fourth-order valence-electron chi connectivity index (χ4n) is 2.78. The van der Waals surface area contributed by atoms with E-state index in [0.29, 0.717) is 6.42 Å². The highest BCUT2D eigenvalue weighted by atomic mass is 16.6. The molecular weight excluding hydrogens is 302 g/mol. The smallest absolute Gasteiger partial charge is 0.372 e. The zero-order chi connectivity index (χ0) is 17.6. The summed E-state index contributed by atoms with van der Waals surface area (Å²) in [7, 11) is 1.25. The maximum Gasteiger partial charge on any atom is 0.372 e. The van der Waals surface area contributed by atoms with E-state index in [1.165, 1.54) is 20.1 Å². The molecule has 8 heteroatoms. The van der Waals surface area contributed by atoms with Gasteiger partial charge in [0.15, 0.2) is 0 Å². The summed E-state index contributed by atoms with van der Waals surface area (Å²) >= 11 is 0. The quantitative estimate of drug-likeness (QED) is 0.323. The van der Waals surface area contributed by atoms with Gasteiger partial charge in [-0.1, -0.05) is 25.9 Å². The minimum Gasteiger partial charge on any atom is -0.483 e. The number of hydrogen-bond acceptors (Lipinski definition) is 6. The number of nitrogens with zero attached hydrogens (tertiary/aromatic N) is 3. The average molecular weight is 325 g/mol. The van der Waals surface area contributed by atoms with Crippen molar-refractivity contribution in [3.63, 3.8) is 0 Å². The number of rotatable bonds is 6. The first-order valence-corrected chi connectivity index (χ1v) is 7.53. The second kappa shape index (κ2) is 8.43. The van der Waals surface area contributed by atoms with Crippen molar-refractivity contribution < 1.29 is 23.8 Å². The van der Waals surface area contributed by atoms with Gasteiger partial charge in [0.2, 0.25) is 5.76 Å². The molecule has 1 rings (SSSR count). The Hall–Kier alpha value is -2.21. The molecule has 8 nitrogen and oxygen atoms in total. The molecule has 23 heavy (non-hydrogen) atoms. The Labute approximate surface area is 135 Å². The lowest BCUT2D eigenvalue weighted by Gasteiger charge is -2.38. The molecular formula is C15H23N3O5. The molecule has 3 unspecified atom stereocenters. The second-order valence-electron chi connectivity index (χ2n) is 5.57. The van der Waals surface area contributed by atoms with Gasteiger partial charge in [-0.25, -0.2) is 4.79 Å². The number of ether oxygens (including phenoxy) is 3. The van der Waals surface area contributed by atoms with Crippen LogP contribution in [0.3, 0.4) is 0 Å². The van der Waals surface area contributed by atoms with Crippen molar-refractivity contribution in [2.24, 2.45) is 17.0 Å². The second-order valence-corrected chi connectivity index (χ2v) is 5.57. The summed E-state index contributed by atoms with van der Waals surface area (Å²) in [5.41, 5.74) is 8.72. The maximum absolute atomic E-state index is 11.8. The van der Waals surface area contributed by atoms with Crippen molar-refractivity contribution >= 4 is 11.9 Å². The number of carbonyl (C=O) groups excluding carboxylic acids is 2. The highest BCUT2D eigenvalue weighted by Gasteiger charge is 2.40. The maximum atomic E-state index is 11.8. The van der Waals surface area contributed by atoms with Gasteiger partial charge < -0.3 is 14.2 Å². The molecule has 0 aromatic carbocycles. The summed E-state index contributed by atoms with van der Waals surface area (Å²) in [6, 6.07) is -0.537. The van der Waals surface area contributed by atoms with Gasteiger partial charge in [-0.05, 0) is 18.0 Å². The van der Waals surface area contributed by atoms with Gasteiger partial charge in [0.05, 0.1) is 13.2 Å². The fraction of sp³-hybridized carbons (Fsp3) is 0.733. The first-order valence-electron chi connectivity index (χ1n) is 7.53. The van der Waals surface area contributed by atoms with Crippen LogP contribution in [0.4, 0.5) is 0 Å². The number of azide groups is 1. The third kappa shape index (κ3) is 4.63. The van der Waals surface area contributed by atoms with E-state index < -0.39 is 18.1 Å². The Morgan fingerprint density at radius 3 is 2.65 bits per heavy atom. The molecule has 0 saturated heterocycles. The van der Waals surface area contributed by atoms with Gasteiger partial charge in [0.1, 0.15) is 12.2 Å². The summed E-state index contributed by atoms with van der Waals surface area (Å²) in [5, 5.41) is 3.72. The molecule has 1 aliphatic heterocycles. The van der Waals surface area contributed by atoms with Crippen LogP contribution < -0.4 is 0 Å². The summed E-state index contributed by atoms with van der Waals surface area (Å²) in [6.45, 7) is 7.00. The highest BCUT2D eigenvalue weighted by molar-refractivity contribution is 5.86. The Morgan fingerprint density at radius 1 is 1.52 bits per heavy atom. The van der Waals surface area contributed by atoms with Crippen LogP contribution in [-0.4, -0.2) is 37.3 Å². The SMILES string of the molecule is CC[C@@H](OC(C)=O)[C@@H](C)C1OC(C(=O)OC)=CC(N=[N+]=[N-])C1C. The first kappa shape index (κ1) is 18.8. The lowest BCUT2D eigenvalue weighted by atomic mass is 9.82. The molecule has 0 spiro atoms. The number of esters is 2. The summed E-state index contributed by atoms with van der Waals surface area (Å²) in [5.74, 6) is -1.37. The monoisotopic (exact) mass is 325 g/mol. The van der Waals surface area contributed by atoms with Gasteiger partial charge in [0.25, 0.3) is 0 Å². The normalized spacial score (nSPS) is 26.0. The number of methoxy groups -OCH3 is 1. The van der Waals surface area contributed by atoms with E-state index in [2.05, 4.69) is 14.8 Å². The van der Waals surface area contributed by atoms with Crippen LogP contribution in [0.1, 0.15) is 34.1 Å². The summed E-state index contributed by atoms with van der Waals surface area (Å²) in [6.07, 6.45) is 1.26. The third-order valence-electron chi connectivity index (χ3n) is 4.04. The summed E-state index contributed by atoms with van der Waals surface area (Å²) < 4.78 is 15.8. The molecule has 0 N–H and O–H groups in total. The molecule has 0 saturated carbocycles. The van der Waals surface area contributed by atoms with E-state index in [4.69, 9.17) is 15.0 Å². The van der Waals surface area contributed by atoms with Gasteiger partial charge in [-0.2, -0.15) is 0 Å². The summed E-state index contributed by atoms with van der Waals surface area (Å²) in [4.78, 5) is 25.8. The van der Waals surface area contributed by atoms with Crippen molar-refractivity contribution in [2.45, 2.75) is 52.4 Å². The number of carbonyl (C=O) groups is 2. The molecule has 1 aliphatic rings. The van der Waals surface area contributed by atoms with Crippen LogP contribution in [0.5, 0.6) is 0 Å². The van der Waals surface area contributed by atoms with Crippen LogP contribution in [0.15, 0.2) is 16.9 Å². The standard InChI is InChI=1S/C15H23N3O5/c1-6-12(22-10(4)19)9(3)14-8(2)11(17-18-16)7-13(23-14)15(20)21-5/h7-9,11-12,14H,6H2,1-5H3/t8?,9-,11?,12-,14?/m1/s1. The van der Waals surface area contributed by atoms with Gasteiger partial charge in [-0.15, -0.1) is 0 Å². The minimum atomic E-state index is -0.632. The van der Waals surface area contributed by atoms with Crippen LogP contribution in [0.2, 0.25) is 0 Å². The molecule has 128 valence electrons. The largest absolute Gasteiger partial charge is 0.483 e. The third-order valence-corrected chi connectivity index (χ3v) is 4.04. The predicted octanol–water partition coefficient (Wildman–Crippen LogP) is 2.73. The van der Waals surface area contributed by atoms with Crippen molar-refractivity contribution in [1.82, 2.24) is 0 Å². The van der Waals surface area contributed by atoms with Crippen LogP contribution in [0, 0.1) is 11.8 Å². The predicted molar refractivity (Wildman–Crippen MR) is 82.1 cm³/mol. The van der Waals surface area contributed by atoms with E-state index in [0.717, 1.165) is 0 Å². The van der Waals surface area contributed by atoms with Crippen LogP contribution in [0.25, 0.3) is 10.4 Å². The van der Waals surface area contributed by atoms with Crippen molar-refractivity contribution in [2.75, 3.05) is 7.11 Å².